The van der Waals surface area contributed by atoms with Gasteiger partial charge < -0.3 is 20.3 Å². The quantitative estimate of drug-likeness (QED) is 0.633. The van der Waals surface area contributed by atoms with E-state index < -0.39 is 23.9 Å². The average molecular weight is 462 g/mol. The van der Waals surface area contributed by atoms with Crippen LogP contribution in [0.3, 0.4) is 0 Å². The van der Waals surface area contributed by atoms with E-state index in [1.165, 1.54) is 11.0 Å². The van der Waals surface area contributed by atoms with Crippen LogP contribution < -0.4 is 10.6 Å². The Morgan fingerprint density at radius 3 is 2.61 bits per heavy atom. The first-order valence-electron chi connectivity index (χ1n) is 11.2. The third-order valence-corrected chi connectivity index (χ3v) is 5.96. The first-order chi connectivity index (χ1) is 15.8. The molecule has 2 heterocycles. The van der Waals surface area contributed by atoms with Crippen LogP contribution in [-0.4, -0.2) is 85.2 Å². The number of hydrogen-bond donors (Lipinski definition) is 2. The van der Waals surface area contributed by atoms with Crippen molar-refractivity contribution in [2.75, 3.05) is 46.4 Å². The molecule has 10 heteroatoms. The second-order valence-electron chi connectivity index (χ2n) is 8.16. The summed E-state index contributed by atoms with van der Waals surface area (Å²) in [6, 6.07) is 4.51. The first-order valence-corrected chi connectivity index (χ1v) is 11.2. The predicted molar refractivity (Wildman–Crippen MR) is 121 cm³/mol. The number of amides is 4. The van der Waals surface area contributed by atoms with E-state index in [-0.39, 0.29) is 36.4 Å². The average Bonchev–Trinajstić information content (AvgIpc) is 2.77. The van der Waals surface area contributed by atoms with Gasteiger partial charge in [-0.05, 0) is 26.8 Å². The number of hydrogen-bond acceptors (Lipinski definition) is 5. The van der Waals surface area contributed by atoms with Gasteiger partial charge in [0.05, 0.1) is 18.2 Å². The Labute approximate surface area is 193 Å². The number of benzene rings is 1. The molecule has 180 valence electrons. The molecule has 1 aromatic rings. The number of carbonyl (C=O) groups is 3. The second-order valence-corrected chi connectivity index (χ2v) is 8.16. The Bertz CT molecular complexity index is 937. The molecule has 2 N–H and O–H groups in total. The molecule has 33 heavy (non-hydrogen) atoms. The van der Waals surface area contributed by atoms with Crippen molar-refractivity contribution in [1.29, 1.82) is 0 Å². The summed E-state index contributed by atoms with van der Waals surface area (Å²) in [5.74, 6) is -1.11. The van der Waals surface area contributed by atoms with Crippen LogP contribution in [0.25, 0.3) is 0 Å². The fourth-order valence-electron chi connectivity index (χ4n) is 4.28. The van der Waals surface area contributed by atoms with Crippen LogP contribution in [0.15, 0.2) is 35.5 Å². The minimum Gasteiger partial charge on any atom is -0.463 e. The van der Waals surface area contributed by atoms with Crippen LogP contribution in [0, 0.1) is 5.82 Å². The maximum atomic E-state index is 14.6. The van der Waals surface area contributed by atoms with Gasteiger partial charge in [-0.2, -0.15) is 0 Å². The molecule has 0 saturated carbocycles. The third kappa shape index (κ3) is 5.27. The highest BCUT2D eigenvalue weighted by Gasteiger charge is 2.39. The van der Waals surface area contributed by atoms with Gasteiger partial charge in [0, 0.05) is 57.1 Å². The van der Waals surface area contributed by atoms with Crippen molar-refractivity contribution in [2.45, 2.75) is 32.9 Å². The van der Waals surface area contributed by atoms with Crippen LogP contribution in [0.4, 0.5) is 14.0 Å². The monoisotopic (exact) mass is 461 g/mol. The lowest BCUT2D eigenvalue weighted by atomic mass is 9.93. The van der Waals surface area contributed by atoms with Crippen molar-refractivity contribution in [2.24, 2.45) is 0 Å². The normalized spacial score (nSPS) is 21.7. The summed E-state index contributed by atoms with van der Waals surface area (Å²) in [5, 5.41) is 5.55. The van der Waals surface area contributed by atoms with Crippen LogP contribution in [0.5, 0.6) is 0 Å². The zero-order valence-electron chi connectivity index (χ0n) is 19.6. The zero-order chi connectivity index (χ0) is 24.1. The Hall–Kier alpha value is -3.14. The molecule has 2 aliphatic rings. The molecule has 0 radical (unpaired) electrons. The Morgan fingerprint density at radius 1 is 1.24 bits per heavy atom. The lowest BCUT2D eigenvalue weighted by molar-refractivity contribution is -0.139. The molecular formula is C23H32FN5O4. The summed E-state index contributed by atoms with van der Waals surface area (Å²) >= 11 is 0. The van der Waals surface area contributed by atoms with Gasteiger partial charge in [0.1, 0.15) is 5.82 Å². The third-order valence-electron chi connectivity index (χ3n) is 5.96. The number of likely N-dealkylation sites (N-methyl/N-ethyl adjacent to an activating group) is 1. The van der Waals surface area contributed by atoms with Crippen molar-refractivity contribution < 1.29 is 23.5 Å². The van der Waals surface area contributed by atoms with Crippen molar-refractivity contribution in [3.8, 4) is 0 Å². The van der Waals surface area contributed by atoms with Gasteiger partial charge in [-0.15, -0.1) is 0 Å². The molecule has 2 unspecified atom stereocenters. The number of carbonyl (C=O) groups excluding carboxylic acids is 3. The summed E-state index contributed by atoms with van der Waals surface area (Å²) in [6.45, 7) is 8.18. The Morgan fingerprint density at radius 2 is 1.97 bits per heavy atom. The van der Waals surface area contributed by atoms with Crippen molar-refractivity contribution >= 4 is 18.0 Å². The minimum absolute atomic E-state index is 0.0537. The van der Waals surface area contributed by atoms with E-state index in [1.807, 2.05) is 13.8 Å². The standard InChI is InChI=1S/C23H32FN5O4/c1-5-25-22(31)29-12-11-28(13-15(29)3)14-18-19(21(30)33-6-2)20(26-23(32)27(18)4)16-9-7-8-10-17(16)24/h7-10,15,20H,5-6,11-14H2,1-4H3,(H,25,31)(H,26,32). The largest absolute Gasteiger partial charge is 0.463 e. The van der Waals surface area contributed by atoms with E-state index >= 15 is 0 Å². The van der Waals surface area contributed by atoms with Gasteiger partial charge in [0.25, 0.3) is 0 Å². The number of ether oxygens (including phenoxy) is 1. The van der Waals surface area contributed by atoms with Crippen molar-refractivity contribution in [1.82, 2.24) is 25.3 Å². The van der Waals surface area contributed by atoms with Crippen molar-refractivity contribution in [3.63, 3.8) is 0 Å². The first kappa shape index (κ1) is 24.5. The van der Waals surface area contributed by atoms with Gasteiger partial charge in [0.15, 0.2) is 0 Å². The summed E-state index contributed by atoms with van der Waals surface area (Å²) in [5.41, 5.74) is 0.876. The summed E-state index contributed by atoms with van der Waals surface area (Å²) in [6.07, 6.45) is 0. The Kier molecular flexibility index (Phi) is 7.91. The van der Waals surface area contributed by atoms with Gasteiger partial charge in [-0.25, -0.2) is 18.8 Å². The van der Waals surface area contributed by atoms with E-state index in [0.29, 0.717) is 31.9 Å². The molecule has 0 aliphatic carbocycles. The van der Waals surface area contributed by atoms with E-state index in [9.17, 15) is 18.8 Å². The molecule has 0 aromatic heterocycles. The van der Waals surface area contributed by atoms with E-state index in [0.717, 1.165) is 0 Å². The molecule has 2 atom stereocenters. The van der Waals surface area contributed by atoms with E-state index in [2.05, 4.69) is 15.5 Å². The van der Waals surface area contributed by atoms with E-state index in [4.69, 9.17) is 4.74 Å². The van der Waals surface area contributed by atoms with Crippen LogP contribution in [-0.2, 0) is 9.53 Å². The number of esters is 1. The van der Waals surface area contributed by atoms with Gasteiger partial charge >= 0.3 is 18.0 Å². The molecular weight excluding hydrogens is 429 g/mol. The molecule has 3 rings (SSSR count). The maximum Gasteiger partial charge on any atom is 0.338 e. The molecule has 4 amide bonds. The molecule has 1 fully saturated rings. The van der Waals surface area contributed by atoms with Gasteiger partial charge in [-0.3, -0.25) is 9.80 Å². The summed E-state index contributed by atoms with van der Waals surface area (Å²) in [4.78, 5) is 43.3. The number of nitrogens with zero attached hydrogens (tertiary/aromatic N) is 3. The smallest absolute Gasteiger partial charge is 0.338 e. The summed E-state index contributed by atoms with van der Waals surface area (Å²) < 4.78 is 19.9. The zero-order valence-corrected chi connectivity index (χ0v) is 19.6. The predicted octanol–water partition coefficient (Wildman–Crippen LogP) is 2.07. The SMILES string of the molecule is CCNC(=O)N1CCN(CC2=C(C(=O)OCC)C(c3ccccc3F)NC(=O)N2C)CC1C. The minimum atomic E-state index is -0.960. The maximum absolute atomic E-state index is 14.6. The fourth-order valence-corrected chi connectivity index (χ4v) is 4.28. The molecule has 1 aromatic carbocycles. The van der Waals surface area contributed by atoms with Gasteiger partial charge in [-0.1, -0.05) is 18.2 Å². The second kappa shape index (κ2) is 10.7. The van der Waals surface area contributed by atoms with Gasteiger partial charge in [0.2, 0.25) is 0 Å². The highest BCUT2D eigenvalue weighted by Crippen LogP contribution is 2.33. The molecule has 0 bridgehead atoms. The summed E-state index contributed by atoms with van der Waals surface area (Å²) in [7, 11) is 1.58. The van der Waals surface area contributed by atoms with E-state index in [1.54, 1.807) is 37.1 Å². The van der Waals surface area contributed by atoms with Crippen molar-refractivity contribution in [3.05, 3.63) is 46.9 Å². The molecule has 2 aliphatic heterocycles. The Balaban J connectivity index is 1.94. The highest BCUT2D eigenvalue weighted by atomic mass is 19.1. The number of halogens is 1. The van der Waals surface area contributed by atoms with Crippen LogP contribution in [0.1, 0.15) is 32.4 Å². The van der Waals surface area contributed by atoms with Crippen LogP contribution >= 0.6 is 0 Å². The number of rotatable bonds is 6. The molecule has 9 nitrogen and oxygen atoms in total. The van der Waals surface area contributed by atoms with Crippen LogP contribution in [0.2, 0.25) is 0 Å². The highest BCUT2D eigenvalue weighted by molar-refractivity contribution is 5.95. The topological polar surface area (TPSA) is 94.2 Å². The lowest BCUT2D eigenvalue weighted by Crippen LogP contribution is -2.58. The molecule has 0 spiro atoms. The fraction of sp³-hybridized carbons (Fsp3) is 0.522. The number of urea groups is 2. The number of nitrogens with one attached hydrogen (secondary N) is 2. The molecule has 1 saturated heterocycles. The number of piperazine rings is 1. The lowest BCUT2D eigenvalue weighted by Gasteiger charge is -2.42.